The molecule has 1 atom stereocenters. The maximum absolute atomic E-state index is 12.5. The van der Waals surface area contributed by atoms with E-state index in [-0.39, 0.29) is 25.5 Å². The zero-order valence-electron chi connectivity index (χ0n) is 16.6. The van der Waals surface area contributed by atoms with E-state index in [4.69, 9.17) is 33.2 Å². The number of carbonyl (C=O) groups is 1. The van der Waals surface area contributed by atoms with Gasteiger partial charge in [0.1, 0.15) is 0 Å². The molecule has 1 unspecified atom stereocenters. The molecule has 156 valence electrons. The molecule has 3 aliphatic heterocycles. The summed E-state index contributed by atoms with van der Waals surface area (Å²) in [5.74, 6) is 2.92. The van der Waals surface area contributed by atoms with Gasteiger partial charge < -0.3 is 33.2 Å². The summed E-state index contributed by atoms with van der Waals surface area (Å²) in [6.07, 6.45) is 2.40. The van der Waals surface area contributed by atoms with Gasteiger partial charge in [-0.05, 0) is 36.3 Å². The third-order valence-corrected chi connectivity index (χ3v) is 5.34. The Bertz CT molecular complexity index is 1040. The van der Waals surface area contributed by atoms with E-state index in [9.17, 15) is 4.79 Å². The van der Waals surface area contributed by atoms with Gasteiger partial charge in [-0.15, -0.1) is 0 Å². The highest BCUT2D eigenvalue weighted by molar-refractivity contribution is 5.97. The maximum Gasteiger partial charge on any atom is 0.334 e. The first-order valence-electron chi connectivity index (χ1n) is 9.49. The van der Waals surface area contributed by atoms with Crippen molar-refractivity contribution in [2.24, 2.45) is 5.92 Å². The molecular weight excluding hydrogens is 392 g/mol. The SMILES string of the molecule is COc1cc(C=C2C(=O)OCC2Cc2ccc3c(c2)OCO3)c(OC)c2c1OCO2. The van der Waals surface area contributed by atoms with Crippen molar-refractivity contribution in [1.82, 2.24) is 0 Å². The third kappa shape index (κ3) is 3.04. The second kappa shape index (κ2) is 7.37. The minimum atomic E-state index is -0.348. The van der Waals surface area contributed by atoms with Crippen LogP contribution in [0.5, 0.6) is 34.5 Å². The first-order chi connectivity index (χ1) is 14.7. The molecular formula is C22H20O8. The molecule has 1 fully saturated rings. The Hall–Kier alpha value is -3.55. The Labute approximate surface area is 172 Å². The number of esters is 1. The van der Waals surface area contributed by atoms with E-state index in [0.29, 0.717) is 52.9 Å². The largest absolute Gasteiger partial charge is 0.493 e. The Morgan fingerprint density at radius 3 is 2.60 bits per heavy atom. The molecule has 0 bridgehead atoms. The molecule has 8 nitrogen and oxygen atoms in total. The van der Waals surface area contributed by atoms with E-state index >= 15 is 0 Å². The summed E-state index contributed by atoms with van der Waals surface area (Å²) in [4.78, 5) is 12.5. The number of rotatable bonds is 5. The van der Waals surface area contributed by atoms with E-state index in [1.165, 1.54) is 0 Å². The molecule has 0 radical (unpaired) electrons. The summed E-state index contributed by atoms with van der Waals surface area (Å²) in [6, 6.07) is 7.55. The standard InChI is InChI=1S/C22H20O8/c1-24-18-8-13(19(25-2)21-20(18)29-11-30-21)7-15-14(9-26-22(15)23)5-12-3-4-16-17(6-12)28-10-27-16/h3-4,6-8,14H,5,9-11H2,1-2H3. The van der Waals surface area contributed by atoms with E-state index in [0.717, 1.165) is 11.3 Å². The minimum Gasteiger partial charge on any atom is -0.493 e. The van der Waals surface area contributed by atoms with Crippen molar-refractivity contribution in [3.05, 3.63) is 41.0 Å². The van der Waals surface area contributed by atoms with Gasteiger partial charge in [0.25, 0.3) is 0 Å². The van der Waals surface area contributed by atoms with Crippen LogP contribution in [-0.4, -0.2) is 40.4 Å². The number of carbonyl (C=O) groups excluding carboxylic acids is 1. The van der Waals surface area contributed by atoms with E-state index in [2.05, 4.69) is 0 Å². The number of cyclic esters (lactones) is 1. The second-order valence-electron chi connectivity index (χ2n) is 7.05. The first-order valence-corrected chi connectivity index (χ1v) is 9.49. The van der Waals surface area contributed by atoms with Gasteiger partial charge in [-0.1, -0.05) is 6.07 Å². The summed E-state index contributed by atoms with van der Waals surface area (Å²) < 4.78 is 38.2. The van der Waals surface area contributed by atoms with E-state index in [1.54, 1.807) is 26.4 Å². The smallest absolute Gasteiger partial charge is 0.334 e. The molecule has 0 saturated carbocycles. The van der Waals surface area contributed by atoms with Crippen molar-refractivity contribution in [3.63, 3.8) is 0 Å². The van der Waals surface area contributed by atoms with Crippen LogP contribution >= 0.6 is 0 Å². The Morgan fingerprint density at radius 1 is 0.967 bits per heavy atom. The van der Waals surface area contributed by atoms with Crippen LogP contribution in [0, 0.1) is 5.92 Å². The normalized spacial score (nSPS) is 19.9. The van der Waals surface area contributed by atoms with Crippen LogP contribution in [0.4, 0.5) is 0 Å². The fourth-order valence-electron chi connectivity index (χ4n) is 3.88. The number of methoxy groups -OCH3 is 2. The van der Waals surface area contributed by atoms with Crippen LogP contribution in [0.1, 0.15) is 11.1 Å². The average molecular weight is 412 g/mol. The summed E-state index contributed by atoms with van der Waals surface area (Å²) in [5, 5.41) is 0. The van der Waals surface area contributed by atoms with Gasteiger partial charge in [0.2, 0.25) is 25.1 Å². The highest BCUT2D eigenvalue weighted by Crippen LogP contribution is 2.50. The fourth-order valence-corrected chi connectivity index (χ4v) is 3.88. The summed E-state index contributed by atoms with van der Waals surface area (Å²) in [5.41, 5.74) is 2.25. The van der Waals surface area contributed by atoms with Crippen LogP contribution < -0.4 is 28.4 Å². The van der Waals surface area contributed by atoms with Crippen LogP contribution in [-0.2, 0) is 16.0 Å². The van der Waals surface area contributed by atoms with Crippen molar-refractivity contribution in [2.75, 3.05) is 34.4 Å². The molecule has 30 heavy (non-hydrogen) atoms. The van der Waals surface area contributed by atoms with Gasteiger partial charge in [-0.2, -0.15) is 0 Å². The van der Waals surface area contributed by atoms with E-state index < -0.39 is 0 Å². The summed E-state index contributed by atoms with van der Waals surface area (Å²) in [7, 11) is 3.09. The lowest BCUT2D eigenvalue weighted by Crippen LogP contribution is -2.08. The highest BCUT2D eigenvalue weighted by atomic mass is 16.7. The maximum atomic E-state index is 12.5. The van der Waals surface area contributed by atoms with Crippen molar-refractivity contribution in [1.29, 1.82) is 0 Å². The van der Waals surface area contributed by atoms with Gasteiger partial charge in [-0.25, -0.2) is 4.79 Å². The molecule has 3 aliphatic rings. The zero-order valence-corrected chi connectivity index (χ0v) is 16.6. The first kappa shape index (κ1) is 18.5. The van der Waals surface area contributed by atoms with Crippen LogP contribution in [0.3, 0.4) is 0 Å². The lowest BCUT2D eigenvalue weighted by atomic mass is 9.92. The molecule has 5 rings (SSSR count). The minimum absolute atomic E-state index is 0.0802. The van der Waals surface area contributed by atoms with Gasteiger partial charge in [-0.3, -0.25) is 0 Å². The van der Waals surface area contributed by atoms with Crippen LogP contribution in [0.25, 0.3) is 6.08 Å². The van der Waals surface area contributed by atoms with E-state index in [1.807, 2.05) is 18.2 Å². The molecule has 2 aromatic rings. The molecule has 2 aromatic carbocycles. The Morgan fingerprint density at radius 2 is 1.77 bits per heavy atom. The lowest BCUT2D eigenvalue weighted by molar-refractivity contribution is -0.135. The number of hydrogen-bond donors (Lipinski definition) is 0. The molecule has 0 aromatic heterocycles. The highest BCUT2D eigenvalue weighted by Gasteiger charge is 2.33. The number of fused-ring (bicyclic) bond motifs is 2. The quantitative estimate of drug-likeness (QED) is 0.548. The molecule has 8 heteroatoms. The Kier molecular flexibility index (Phi) is 4.54. The number of hydrogen-bond acceptors (Lipinski definition) is 8. The van der Waals surface area contributed by atoms with Gasteiger partial charge >= 0.3 is 5.97 Å². The van der Waals surface area contributed by atoms with Crippen molar-refractivity contribution < 1.29 is 38.0 Å². The summed E-state index contributed by atoms with van der Waals surface area (Å²) in [6.45, 7) is 0.612. The van der Waals surface area contributed by atoms with Gasteiger partial charge in [0.05, 0.1) is 20.8 Å². The Balaban J connectivity index is 1.49. The number of ether oxygens (including phenoxy) is 7. The van der Waals surface area contributed by atoms with Gasteiger partial charge in [0, 0.05) is 17.1 Å². The molecule has 0 aliphatic carbocycles. The third-order valence-electron chi connectivity index (χ3n) is 5.34. The zero-order chi connectivity index (χ0) is 20.7. The van der Waals surface area contributed by atoms with Gasteiger partial charge in [0.15, 0.2) is 23.0 Å². The fraction of sp³-hybridized carbons (Fsp3) is 0.318. The van der Waals surface area contributed by atoms with Crippen LogP contribution in [0.2, 0.25) is 0 Å². The molecule has 1 saturated heterocycles. The topological polar surface area (TPSA) is 81.7 Å². The number of benzene rings is 2. The molecule has 0 spiro atoms. The van der Waals surface area contributed by atoms with Crippen LogP contribution in [0.15, 0.2) is 29.8 Å². The van der Waals surface area contributed by atoms with Crippen molar-refractivity contribution in [2.45, 2.75) is 6.42 Å². The monoisotopic (exact) mass is 412 g/mol. The average Bonchev–Trinajstić information content (AvgIpc) is 3.49. The van der Waals surface area contributed by atoms with Crippen molar-refractivity contribution in [3.8, 4) is 34.5 Å². The second-order valence-corrected chi connectivity index (χ2v) is 7.05. The summed E-state index contributed by atoms with van der Waals surface area (Å²) >= 11 is 0. The van der Waals surface area contributed by atoms with Crippen molar-refractivity contribution >= 4 is 12.0 Å². The predicted molar refractivity (Wildman–Crippen MR) is 104 cm³/mol. The molecule has 3 heterocycles. The lowest BCUT2D eigenvalue weighted by Gasteiger charge is -2.13. The molecule has 0 N–H and O–H groups in total. The predicted octanol–water partition coefficient (Wildman–Crippen LogP) is 2.96. The molecule has 0 amide bonds.